The van der Waals surface area contributed by atoms with Crippen molar-refractivity contribution < 1.29 is 9.90 Å². The second-order valence-corrected chi connectivity index (χ2v) is 6.93. The number of rotatable bonds is 2. The van der Waals surface area contributed by atoms with E-state index in [0.29, 0.717) is 12.1 Å². The van der Waals surface area contributed by atoms with E-state index in [1.54, 1.807) is 25.3 Å². The van der Waals surface area contributed by atoms with Crippen LogP contribution >= 0.6 is 0 Å². The molecule has 1 N–H and O–H groups in total. The predicted molar refractivity (Wildman–Crippen MR) is 90.3 cm³/mol. The van der Waals surface area contributed by atoms with Crippen LogP contribution in [0.3, 0.4) is 0 Å². The van der Waals surface area contributed by atoms with Crippen molar-refractivity contribution in [1.82, 2.24) is 9.88 Å². The molecule has 2 saturated heterocycles. The molecule has 1 spiro atoms. The second-order valence-electron chi connectivity index (χ2n) is 6.93. The van der Waals surface area contributed by atoms with Crippen LogP contribution in [-0.2, 0) is 4.79 Å². The summed E-state index contributed by atoms with van der Waals surface area (Å²) in [5.74, 6) is 0.998. The molecule has 1 aromatic rings. The lowest BCUT2D eigenvalue weighted by atomic mass is 9.64. The summed E-state index contributed by atoms with van der Waals surface area (Å²) in [4.78, 5) is 20.0. The molecule has 0 aromatic carbocycles. The van der Waals surface area contributed by atoms with Gasteiger partial charge in [0.1, 0.15) is 11.9 Å². The fraction of sp³-hybridized carbons (Fsp3) is 0.611. The largest absolute Gasteiger partial charge is 0.396 e. The summed E-state index contributed by atoms with van der Waals surface area (Å²) in [5.41, 5.74) is 0.676. The van der Waals surface area contributed by atoms with Gasteiger partial charge >= 0.3 is 0 Å². The number of hydrogen-bond donors (Lipinski definition) is 1. The van der Waals surface area contributed by atoms with Gasteiger partial charge < -0.3 is 14.9 Å². The number of pyridine rings is 1. The van der Waals surface area contributed by atoms with Crippen LogP contribution < -0.4 is 4.90 Å². The molecule has 2 fully saturated rings. The van der Waals surface area contributed by atoms with Crippen LogP contribution in [0.4, 0.5) is 5.82 Å². The first kappa shape index (κ1) is 16.7. The molecular weight excluding hydrogens is 304 g/mol. The van der Waals surface area contributed by atoms with Gasteiger partial charge in [-0.15, -0.1) is 0 Å². The van der Waals surface area contributed by atoms with Crippen molar-refractivity contribution in [3.63, 3.8) is 0 Å². The minimum absolute atomic E-state index is 0.0960. The smallest absolute Gasteiger partial charge is 0.219 e. The molecule has 128 valence electrons. The van der Waals surface area contributed by atoms with Crippen LogP contribution in [0.5, 0.6) is 0 Å². The Morgan fingerprint density at radius 1 is 1.42 bits per heavy atom. The van der Waals surface area contributed by atoms with Crippen LogP contribution in [0.25, 0.3) is 0 Å². The molecule has 0 saturated carbocycles. The molecule has 0 aliphatic carbocycles. The molecular formula is C18H24N4O2. The molecule has 0 unspecified atom stereocenters. The molecule has 24 heavy (non-hydrogen) atoms. The van der Waals surface area contributed by atoms with E-state index in [-0.39, 0.29) is 23.8 Å². The van der Waals surface area contributed by atoms with Crippen molar-refractivity contribution in [2.75, 3.05) is 37.7 Å². The van der Waals surface area contributed by atoms with E-state index in [1.165, 1.54) is 0 Å². The fourth-order valence-corrected chi connectivity index (χ4v) is 4.22. The van der Waals surface area contributed by atoms with Crippen LogP contribution in [-0.4, -0.2) is 53.7 Å². The third-order valence-electron chi connectivity index (χ3n) is 5.82. The molecule has 1 atom stereocenters. The summed E-state index contributed by atoms with van der Waals surface area (Å²) in [7, 11) is 0. The summed E-state index contributed by atoms with van der Waals surface area (Å²) in [6.07, 6.45) is 4.56. The number of hydrogen-bond acceptors (Lipinski definition) is 5. The highest BCUT2D eigenvalue weighted by atomic mass is 16.3. The molecule has 6 heteroatoms. The second kappa shape index (κ2) is 6.78. The topological polar surface area (TPSA) is 80.5 Å². The van der Waals surface area contributed by atoms with E-state index in [1.807, 2.05) is 4.90 Å². The van der Waals surface area contributed by atoms with Gasteiger partial charge in [-0.25, -0.2) is 4.98 Å². The third-order valence-corrected chi connectivity index (χ3v) is 5.82. The minimum atomic E-state index is 0.0960. The monoisotopic (exact) mass is 328 g/mol. The van der Waals surface area contributed by atoms with Crippen molar-refractivity contribution in [3.05, 3.63) is 23.9 Å². The van der Waals surface area contributed by atoms with Crippen LogP contribution in [0.1, 0.15) is 31.7 Å². The SMILES string of the molecule is CC(=O)N1CCC2(CC1)CCN(c1ncccc1C#N)C[C@H]2CO. The number of carbonyl (C=O) groups excluding carboxylic acids is 1. The number of amides is 1. The maximum Gasteiger partial charge on any atom is 0.219 e. The minimum Gasteiger partial charge on any atom is -0.396 e. The first-order valence-corrected chi connectivity index (χ1v) is 8.56. The van der Waals surface area contributed by atoms with E-state index in [9.17, 15) is 15.2 Å². The zero-order valence-corrected chi connectivity index (χ0v) is 14.1. The van der Waals surface area contributed by atoms with Gasteiger partial charge in [0.25, 0.3) is 0 Å². The summed E-state index contributed by atoms with van der Waals surface area (Å²) < 4.78 is 0. The number of aliphatic hydroxyl groups excluding tert-OH is 1. The van der Waals surface area contributed by atoms with Crippen LogP contribution in [0.2, 0.25) is 0 Å². The first-order valence-electron chi connectivity index (χ1n) is 8.56. The number of aromatic nitrogens is 1. The number of nitrogens with zero attached hydrogens (tertiary/aromatic N) is 4. The van der Waals surface area contributed by atoms with Crippen molar-refractivity contribution in [3.8, 4) is 6.07 Å². The van der Waals surface area contributed by atoms with Crippen molar-refractivity contribution >= 4 is 11.7 Å². The van der Waals surface area contributed by atoms with E-state index < -0.39 is 0 Å². The van der Waals surface area contributed by atoms with Crippen LogP contribution in [0, 0.1) is 22.7 Å². The zero-order valence-electron chi connectivity index (χ0n) is 14.1. The molecule has 6 nitrogen and oxygen atoms in total. The number of aliphatic hydroxyl groups is 1. The Morgan fingerprint density at radius 2 is 2.12 bits per heavy atom. The summed E-state index contributed by atoms with van der Waals surface area (Å²) in [6.45, 7) is 4.85. The molecule has 2 aliphatic rings. The zero-order chi connectivity index (χ0) is 17.2. The summed E-state index contributed by atoms with van der Waals surface area (Å²) in [5, 5.41) is 19.3. The van der Waals surface area contributed by atoms with Gasteiger partial charge in [0.2, 0.25) is 5.91 Å². The summed E-state index contributed by atoms with van der Waals surface area (Å²) in [6, 6.07) is 5.76. The number of anilines is 1. The highest BCUT2D eigenvalue weighted by Gasteiger charge is 2.45. The average molecular weight is 328 g/mol. The maximum atomic E-state index is 11.6. The number of nitriles is 1. The quantitative estimate of drug-likeness (QED) is 0.887. The normalized spacial score (nSPS) is 23.1. The highest BCUT2D eigenvalue weighted by Crippen LogP contribution is 2.45. The maximum absolute atomic E-state index is 11.6. The van der Waals surface area contributed by atoms with Gasteiger partial charge in [-0.05, 0) is 36.8 Å². The predicted octanol–water partition coefficient (Wildman–Crippen LogP) is 1.40. The molecule has 0 radical (unpaired) electrons. The Hall–Kier alpha value is -2.13. The van der Waals surface area contributed by atoms with Gasteiger partial charge in [-0.2, -0.15) is 5.26 Å². The molecule has 1 amide bonds. The Bertz CT molecular complexity index is 647. The molecule has 3 heterocycles. The summed E-state index contributed by atoms with van der Waals surface area (Å²) >= 11 is 0. The van der Waals surface area contributed by atoms with Crippen molar-refractivity contribution in [1.29, 1.82) is 5.26 Å². The highest BCUT2D eigenvalue weighted by molar-refractivity contribution is 5.73. The van der Waals surface area contributed by atoms with E-state index in [4.69, 9.17) is 0 Å². The lowest BCUT2D eigenvalue weighted by molar-refractivity contribution is -0.132. The lowest BCUT2D eigenvalue weighted by Gasteiger charge is -2.51. The number of piperidine rings is 2. The number of likely N-dealkylation sites (tertiary alicyclic amines) is 1. The Balaban J connectivity index is 1.75. The van der Waals surface area contributed by atoms with Gasteiger partial charge in [0.15, 0.2) is 0 Å². The fourth-order valence-electron chi connectivity index (χ4n) is 4.22. The lowest BCUT2D eigenvalue weighted by Crippen LogP contribution is -2.54. The Kier molecular flexibility index (Phi) is 4.72. The molecule has 2 aliphatic heterocycles. The van der Waals surface area contributed by atoms with E-state index >= 15 is 0 Å². The Labute approximate surface area is 142 Å². The number of carbonyl (C=O) groups is 1. The Morgan fingerprint density at radius 3 is 2.75 bits per heavy atom. The standard InChI is InChI=1S/C18H24N4O2/c1-14(24)21-8-4-18(5-9-21)6-10-22(12-16(18)13-23)17-15(11-19)3-2-7-20-17/h2-3,7,16,23H,4-6,8-10,12-13H2,1H3/t16-/m0/s1. The first-order chi connectivity index (χ1) is 11.6. The van der Waals surface area contributed by atoms with Crippen molar-refractivity contribution in [2.24, 2.45) is 11.3 Å². The molecule has 1 aromatic heterocycles. The third kappa shape index (κ3) is 2.96. The van der Waals surface area contributed by atoms with Crippen molar-refractivity contribution in [2.45, 2.75) is 26.2 Å². The van der Waals surface area contributed by atoms with Gasteiger partial charge in [-0.1, -0.05) is 0 Å². The van der Waals surface area contributed by atoms with Crippen LogP contribution in [0.15, 0.2) is 18.3 Å². The van der Waals surface area contributed by atoms with E-state index in [0.717, 1.165) is 44.7 Å². The van der Waals surface area contributed by atoms with Gasteiger partial charge in [0.05, 0.1) is 5.56 Å². The van der Waals surface area contributed by atoms with Gasteiger partial charge in [-0.3, -0.25) is 4.79 Å². The van der Waals surface area contributed by atoms with Gasteiger partial charge in [0, 0.05) is 51.8 Å². The van der Waals surface area contributed by atoms with E-state index in [2.05, 4.69) is 16.0 Å². The molecule has 3 rings (SSSR count). The molecule has 0 bridgehead atoms. The average Bonchev–Trinajstić information content (AvgIpc) is 2.62.